The van der Waals surface area contributed by atoms with Crippen LogP contribution in [0, 0.1) is 6.92 Å². The largest absolute Gasteiger partial charge is 0.452 e. The lowest BCUT2D eigenvalue weighted by molar-refractivity contribution is 0.177. The molecule has 0 saturated heterocycles. The van der Waals surface area contributed by atoms with Crippen LogP contribution in [0.1, 0.15) is 5.56 Å². The van der Waals surface area contributed by atoms with Gasteiger partial charge in [-0.1, -0.05) is 22.0 Å². The number of anilines is 1. The predicted molar refractivity (Wildman–Crippen MR) is 67.0 cm³/mol. The van der Waals surface area contributed by atoms with Crippen molar-refractivity contribution in [1.82, 2.24) is 4.72 Å². The molecule has 1 amide bonds. The molecule has 2 N–H and O–H groups in total. The van der Waals surface area contributed by atoms with E-state index in [1.54, 1.807) is 29.8 Å². The zero-order chi connectivity index (χ0) is 13.1. The maximum atomic E-state index is 11.5. The third kappa shape index (κ3) is 4.23. The van der Waals surface area contributed by atoms with Gasteiger partial charge in [-0.3, -0.25) is 4.72 Å². The fourth-order valence-electron chi connectivity index (χ4n) is 1.03. The van der Waals surface area contributed by atoms with E-state index >= 15 is 0 Å². The maximum absolute atomic E-state index is 11.5. The lowest BCUT2D eigenvalue weighted by atomic mass is 10.2. The van der Waals surface area contributed by atoms with Crippen LogP contribution < -0.4 is 9.44 Å². The van der Waals surface area contributed by atoms with Gasteiger partial charge in [0.15, 0.2) is 0 Å². The van der Waals surface area contributed by atoms with Crippen LogP contribution in [0.5, 0.6) is 0 Å². The second kappa shape index (κ2) is 5.37. The average Bonchev–Trinajstić information content (AvgIpc) is 2.22. The zero-order valence-corrected chi connectivity index (χ0v) is 11.6. The summed E-state index contributed by atoms with van der Waals surface area (Å²) in [6.07, 6.45) is -1.05. The van der Waals surface area contributed by atoms with Crippen molar-refractivity contribution < 1.29 is 17.9 Å². The van der Waals surface area contributed by atoms with Crippen molar-refractivity contribution >= 4 is 37.9 Å². The summed E-state index contributed by atoms with van der Waals surface area (Å²) in [6.45, 7) is 1.74. The van der Waals surface area contributed by atoms with Gasteiger partial charge in [0.05, 0.1) is 12.8 Å². The first-order chi connectivity index (χ1) is 7.84. The monoisotopic (exact) mass is 322 g/mol. The molecular weight excluding hydrogens is 312 g/mol. The molecule has 0 fully saturated rings. The van der Waals surface area contributed by atoms with Crippen LogP contribution in [-0.2, 0) is 14.9 Å². The molecule has 0 aliphatic carbocycles. The van der Waals surface area contributed by atoms with Crippen LogP contribution in [-0.4, -0.2) is 21.6 Å². The third-order valence-electron chi connectivity index (χ3n) is 1.85. The second-order valence-corrected chi connectivity index (χ2v) is 5.49. The maximum Gasteiger partial charge on any atom is 0.422 e. The fraction of sp³-hybridized carbons (Fsp3) is 0.222. The van der Waals surface area contributed by atoms with Crippen molar-refractivity contribution in [3.8, 4) is 0 Å². The molecule has 0 saturated carbocycles. The topological polar surface area (TPSA) is 84.5 Å². The molecule has 94 valence electrons. The minimum atomic E-state index is -3.98. The molecule has 0 aliphatic heterocycles. The Morgan fingerprint density at radius 1 is 1.41 bits per heavy atom. The van der Waals surface area contributed by atoms with E-state index in [1.807, 2.05) is 0 Å². The number of hydrogen-bond acceptors (Lipinski definition) is 4. The minimum Gasteiger partial charge on any atom is -0.452 e. The number of nitrogens with one attached hydrogen (secondary N) is 2. The number of methoxy groups -OCH3 is 1. The van der Waals surface area contributed by atoms with Gasteiger partial charge in [-0.15, -0.1) is 0 Å². The summed E-state index contributed by atoms with van der Waals surface area (Å²) < 4.78 is 31.8. The standard InChI is InChI=1S/C9H11BrN2O4S/c1-6-3-4-7(10)5-8(6)11-17(14,15)12-9(13)16-2/h3-5,11H,1-2H3,(H,12,13). The van der Waals surface area contributed by atoms with Crippen LogP contribution >= 0.6 is 15.9 Å². The molecule has 1 aromatic carbocycles. The highest BCUT2D eigenvalue weighted by molar-refractivity contribution is 9.10. The van der Waals surface area contributed by atoms with Crippen LogP contribution in [0.2, 0.25) is 0 Å². The van der Waals surface area contributed by atoms with E-state index in [1.165, 1.54) is 0 Å². The Hall–Kier alpha value is -1.28. The van der Waals surface area contributed by atoms with E-state index in [-0.39, 0.29) is 0 Å². The van der Waals surface area contributed by atoms with Gasteiger partial charge in [-0.05, 0) is 24.6 Å². The molecule has 0 atom stereocenters. The Bertz CT molecular complexity index is 530. The number of aryl methyl sites for hydroxylation is 1. The highest BCUT2D eigenvalue weighted by Crippen LogP contribution is 2.21. The molecule has 6 nitrogen and oxygen atoms in total. The number of rotatable bonds is 3. The average molecular weight is 323 g/mol. The summed E-state index contributed by atoms with van der Waals surface area (Å²) in [6, 6.07) is 5.10. The number of carbonyl (C=O) groups is 1. The molecule has 0 aromatic heterocycles. The van der Waals surface area contributed by atoms with Gasteiger partial charge in [0.25, 0.3) is 0 Å². The summed E-state index contributed by atoms with van der Waals surface area (Å²) in [4.78, 5) is 10.8. The first kappa shape index (κ1) is 13.8. The van der Waals surface area contributed by atoms with Gasteiger partial charge in [-0.2, -0.15) is 8.42 Å². The number of hydrogen-bond donors (Lipinski definition) is 2. The molecule has 0 bridgehead atoms. The molecular formula is C9H11BrN2O4S. The molecule has 0 aliphatic rings. The normalized spacial score (nSPS) is 10.8. The fourth-order valence-corrected chi connectivity index (χ4v) is 2.25. The van der Waals surface area contributed by atoms with Crippen molar-refractivity contribution in [2.24, 2.45) is 0 Å². The Kier molecular flexibility index (Phi) is 4.35. The molecule has 0 unspecified atom stereocenters. The van der Waals surface area contributed by atoms with Gasteiger partial charge in [0, 0.05) is 4.47 Å². The Morgan fingerprint density at radius 2 is 2.06 bits per heavy atom. The Labute approximate surface area is 108 Å². The van der Waals surface area contributed by atoms with E-state index in [2.05, 4.69) is 25.4 Å². The van der Waals surface area contributed by atoms with E-state index in [9.17, 15) is 13.2 Å². The molecule has 1 rings (SSSR count). The summed E-state index contributed by atoms with van der Waals surface area (Å²) >= 11 is 3.22. The van der Waals surface area contributed by atoms with Gasteiger partial charge in [0.1, 0.15) is 0 Å². The zero-order valence-electron chi connectivity index (χ0n) is 9.15. The Morgan fingerprint density at radius 3 is 2.65 bits per heavy atom. The highest BCUT2D eigenvalue weighted by atomic mass is 79.9. The molecule has 1 aromatic rings. The Balaban J connectivity index is 2.90. The van der Waals surface area contributed by atoms with Crippen molar-refractivity contribution in [2.75, 3.05) is 11.8 Å². The molecule has 17 heavy (non-hydrogen) atoms. The predicted octanol–water partition coefficient (Wildman–Crippen LogP) is 1.77. The number of benzene rings is 1. The summed E-state index contributed by atoms with van der Waals surface area (Å²) in [5.74, 6) is 0. The van der Waals surface area contributed by atoms with Crippen molar-refractivity contribution in [1.29, 1.82) is 0 Å². The highest BCUT2D eigenvalue weighted by Gasteiger charge is 2.15. The van der Waals surface area contributed by atoms with E-state index in [0.717, 1.165) is 17.1 Å². The minimum absolute atomic E-state index is 0.371. The third-order valence-corrected chi connectivity index (χ3v) is 3.26. The van der Waals surface area contributed by atoms with Gasteiger partial charge in [0.2, 0.25) is 0 Å². The van der Waals surface area contributed by atoms with E-state index in [4.69, 9.17) is 0 Å². The molecule has 0 spiro atoms. The number of carbonyl (C=O) groups excluding carboxylic acids is 1. The summed E-state index contributed by atoms with van der Waals surface area (Å²) in [5, 5.41) is 0. The van der Waals surface area contributed by atoms with Crippen LogP contribution in [0.4, 0.5) is 10.5 Å². The molecule has 0 heterocycles. The lowest BCUT2D eigenvalue weighted by Crippen LogP contribution is -2.35. The SMILES string of the molecule is COC(=O)NS(=O)(=O)Nc1cc(Br)ccc1C. The number of halogens is 1. The summed E-state index contributed by atoms with van der Waals surface area (Å²) in [7, 11) is -2.90. The quantitative estimate of drug-likeness (QED) is 0.888. The number of amides is 1. The van der Waals surface area contributed by atoms with Gasteiger partial charge >= 0.3 is 16.3 Å². The van der Waals surface area contributed by atoms with Crippen LogP contribution in [0.3, 0.4) is 0 Å². The van der Waals surface area contributed by atoms with E-state index < -0.39 is 16.3 Å². The van der Waals surface area contributed by atoms with E-state index in [0.29, 0.717) is 5.69 Å². The van der Waals surface area contributed by atoms with Crippen molar-refractivity contribution in [2.45, 2.75) is 6.92 Å². The number of ether oxygens (including phenoxy) is 1. The van der Waals surface area contributed by atoms with Crippen LogP contribution in [0.25, 0.3) is 0 Å². The molecule has 0 radical (unpaired) electrons. The lowest BCUT2D eigenvalue weighted by Gasteiger charge is -2.10. The van der Waals surface area contributed by atoms with Gasteiger partial charge < -0.3 is 4.74 Å². The van der Waals surface area contributed by atoms with Gasteiger partial charge in [-0.25, -0.2) is 9.52 Å². The first-order valence-electron chi connectivity index (χ1n) is 4.49. The smallest absolute Gasteiger partial charge is 0.422 e. The molecule has 8 heteroatoms. The second-order valence-electron chi connectivity index (χ2n) is 3.16. The first-order valence-corrected chi connectivity index (χ1v) is 6.76. The van der Waals surface area contributed by atoms with Crippen LogP contribution in [0.15, 0.2) is 22.7 Å². The van der Waals surface area contributed by atoms with Crippen molar-refractivity contribution in [3.05, 3.63) is 28.2 Å². The summed E-state index contributed by atoms with van der Waals surface area (Å²) in [5.41, 5.74) is 1.10. The van der Waals surface area contributed by atoms with Crippen molar-refractivity contribution in [3.63, 3.8) is 0 Å².